The molecule has 146 valence electrons. The van der Waals surface area contributed by atoms with Gasteiger partial charge in [0.2, 0.25) is 0 Å². The van der Waals surface area contributed by atoms with Gasteiger partial charge in [-0.15, -0.1) is 0 Å². The monoisotopic (exact) mass is 378 g/mol. The van der Waals surface area contributed by atoms with Gasteiger partial charge in [0.25, 0.3) is 5.91 Å². The van der Waals surface area contributed by atoms with E-state index in [9.17, 15) is 9.59 Å². The topological polar surface area (TPSA) is 70.1 Å². The lowest BCUT2D eigenvalue weighted by atomic mass is 9.99. The van der Waals surface area contributed by atoms with E-state index in [1.54, 1.807) is 7.05 Å². The summed E-state index contributed by atoms with van der Waals surface area (Å²) in [6.07, 6.45) is 2.97. The summed E-state index contributed by atoms with van der Waals surface area (Å²) < 4.78 is 1.88. The Kier molecular flexibility index (Phi) is 5.05. The maximum Gasteiger partial charge on any atom is 0.326 e. The highest BCUT2D eigenvalue weighted by Gasteiger charge is 2.25. The Labute approximate surface area is 164 Å². The predicted octanol–water partition coefficient (Wildman–Crippen LogP) is 2.18. The standard InChI is InChI=1S/C22H26N4O2/c1-23-21(27)16-10-8-15(9-11-16)5-4-12-25(2)18-13-17-6-3-7-19-20(17)26(14-18)22(28)24-19/h3,6-11,18H,4-5,12-14H2,1-2H3,(H,23,27)(H,24,28)/t18-/m1/s1. The lowest BCUT2D eigenvalue weighted by Crippen LogP contribution is -2.42. The first-order chi connectivity index (χ1) is 13.6. The number of amides is 1. The van der Waals surface area contributed by atoms with E-state index in [2.05, 4.69) is 28.3 Å². The van der Waals surface area contributed by atoms with Crippen LogP contribution in [0.5, 0.6) is 0 Å². The summed E-state index contributed by atoms with van der Waals surface area (Å²) in [6, 6.07) is 14.2. The highest BCUT2D eigenvalue weighted by atomic mass is 16.2. The van der Waals surface area contributed by atoms with Gasteiger partial charge >= 0.3 is 5.69 Å². The van der Waals surface area contributed by atoms with E-state index >= 15 is 0 Å². The number of aryl methyl sites for hydroxylation is 1. The molecule has 1 aromatic heterocycles. The van der Waals surface area contributed by atoms with E-state index in [4.69, 9.17) is 0 Å². The summed E-state index contributed by atoms with van der Waals surface area (Å²) >= 11 is 0. The van der Waals surface area contributed by atoms with Gasteiger partial charge in [-0.3, -0.25) is 9.36 Å². The van der Waals surface area contributed by atoms with E-state index in [0.717, 1.165) is 43.4 Å². The fourth-order valence-electron chi connectivity index (χ4n) is 4.14. The molecule has 2 aromatic carbocycles. The van der Waals surface area contributed by atoms with Crippen LogP contribution in [0.4, 0.5) is 0 Å². The molecule has 0 spiro atoms. The lowest BCUT2D eigenvalue weighted by molar-refractivity contribution is 0.0963. The van der Waals surface area contributed by atoms with Gasteiger partial charge in [0.05, 0.1) is 11.0 Å². The third kappa shape index (κ3) is 3.47. The quantitative estimate of drug-likeness (QED) is 0.691. The zero-order valence-corrected chi connectivity index (χ0v) is 16.4. The molecule has 6 heteroatoms. The smallest absolute Gasteiger partial charge is 0.326 e. The summed E-state index contributed by atoms with van der Waals surface area (Å²) in [5, 5.41) is 2.64. The van der Waals surface area contributed by atoms with Crippen LogP contribution in [0, 0.1) is 0 Å². The van der Waals surface area contributed by atoms with Gasteiger partial charge in [0, 0.05) is 25.2 Å². The molecule has 3 aromatic rings. The second-order valence-electron chi connectivity index (χ2n) is 7.57. The van der Waals surface area contributed by atoms with E-state index < -0.39 is 0 Å². The molecule has 1 aliphatic heterocycles. The number of hydrogen-bond acceptors (Lipinski definition) is 3. The van der Waals surface area contributed by atoms with Gasteiger partial charge in [0.1, 0.15) is 0 Å². The molecule has 0 unspecified atom stereocenters. The number of benzene rings is 2. The number of carbonyl (C=O) groups excluding carboxylic acids is 1. The van der Waals surface area contributed by atoms with Crippen molar-refractivity contribution < 1.29 is 4.79 Å². The minimum atomic E-state index is -0.0574. The first-order valence-corrected chi connectivity index (χ1v) is 9.78. The van der Waals surface area contributed by atoms with Gasteiger partial charge in [-0.05, 0) is 62.2 Å². The second kappa shape index (κ2) is 7.64. The van der Waals surface area contributed by atoms with Crippen LogP contribution in [0.25, 0.3) is 11.0 Å². The van der Waals surface area contributed by atoms with Crippen LogP contribution in [0.1, 0.15) is 27.9 Å². The number of H-pyrrole nitrogens is 1. The summed E-state index contributed by atoms with van der Waals surface area (Å²) in [5.41, 5.74) is 5.14. The van der Waals surface area contributed by atoms with Crippen molar-refractivity contribution in [2.24, 2.45) is 0 Å². The number of carbonyl (C=O) groups is 1. The number of rotatable bonds is 6. The van der Waals surface area contributed by atoms with Gasteiger partial charge in [-0.1, -0.05) is 24.3 Å². The first kappa shape index (κ1) is 18.5. The van der Waals surface area contributed by atoms with Crippen LogP contribution in [-0.2, 0) is 19.4 Å². The van der Waals surface area contributed by atoms with Crippen molar-refractivity contribution in [1.29, 1.82) is 0 Å². The molecule has 28 heavy (non-hydrogen) atoms. The molecule has 2 heterocycles. The molecule has 4 rings (SSSR count). The van der Waals surface area contributed by atoms with Crippen molar-refractivity contribution in [3.63, 3.8) is 0 Å². The van der Waals surface area contributed by atoms with Gasteiger partial charge in [-0.2, -0.15) is 0 Å². The van der Waals surface area contributed by atoms with Gasteiger partial charge in [-0.25, -0.2) is 4.79 Å². The number of para-hydroxylation sites is 1. The highest BCUT2D eigenvalue weighted by Crippen LogP contribution is 2.24. The average molecular weight is 378 g/mol. The number of likely N-dealkylation sites (N-methyl/N-ethyl adjacent to an activating group) is 1. The van der Waals surface area contributed by atoms with Crippen molar-refractivity contribution in [3.05, 3.63) is 69.6 Å². The predicted molar refractivity (Wildman–Crippen MR) is 111 cm³/mol. The number of aromatic nitrogens is 2. The molecule has 0 bridgehead atoms. The van der Waals surface area contributed by atoms with Crippen LogP contribution >= 0.6 is 0 Å². The van der Waals surface area contributed by atoms with Crippen LogP contribution in [0.3, 0.4) is 0 Å². The van der Waals surface area contributed by atoms with Crippen LogP contribution < -0.4 is 11.0 Å². The van der Waals surface area contributed by atoms with Crippen molar-refractivity contribution in [1.82, 2.24) is 19.8 Å². The van der Waals surface area contributed by atoms with Crippen molar-refractivity contribution >= 4 is 16.9 Å². The Morgan fingerprint density at radius 3 is 2.79 bits per heavy atom. The summed E-state index contributed by atoms with van der Waals surface area (Å²) in [7, 11) is 3.78. The molecule has 0 radical (unpaired) electrons. The van der Waals surface area contributed by atoms with Crippen molar-refractivity contribution in [3.8, 4) is 0 Å². The number of hydrogen-bond donors (Lipinski definition) is 2. The van der Waals surface area contributed by atoms with Crippen LogP contribution in [-0.4, -0.2) is 47.0 Å². The molecular weight excluding hydrogens is 352 g/mol. The number of aromatic amines is 1. The molecule has 0 aliphatic carbocycles. The maximum absolute atomic E-state index is 12.3. The fraction of sp³-hybridized carbons (Fsp3) is 0.364. The highest BCUT2D eigenvalue weighted by molar-refractivity contribution is 5.93. The fourth-order valence-corrected chi connectivity index (χ4v) is 4.14. The zero-order valence-electron chi connectivity index (χ0n) is 16.4. The molecule has 6 nitrogen and oxygen atoms in total. The minimum Gasteiger partial charge on any atom is -0.355 e. The molecular formula is C22H26N4O2. The largest absolute Gasteiger partial charge is 0.355 e. The Morgan fingerprint density at radius 2 is 2.04 bits per heavy atom. The Bertz CT molecular complexity index is 1050. The molecule has 0 fully saturated rings. The summed E-state index contributed by atoms with van der Waals surface area (Å²) in [6.45, 7) is 1.69. The number of nitrogens with one attached hydrogen (secondary N) is 2. The third-order valence-electron chi connectivity index (χ3n) is 5.77. The SMILES string of the molecule is CNC(=O)c1ccc(CCCN(C)[C@@H]2Cc3cccc4[nH]c(=O)n(c34)C2)cc1. The Balaban J connectivity index is 1.36. The minimum absolute atomic E-state index is 0.0169. The van der Waals surface area contributed by atoms with E-state index in [1.165, 1.54) is 11.1 Å². The third-order valence-corrected chi connectivity index (χ3v) is 5.77. The lowest BCUT2D eigenvalue weighted by Gasteiger charge is -2.31. The van der Waals surface area contributed by atoms with Crippen LogP contribution in [0.2, 0.25) is 0 Å². The van der Waals surface area contributed by atoms with E-state index in [1.807, 2.05) is 41.0 Å². The van der Waals surface area contributed by atoms with Gasteiger partial charge < -0.3 is 15.2 Å². The van der Waals surface area contributed by atoms with Gasteiger partial charge in [0.15, 0.2) is 0 Å². The summed E-state index contributed by atoms with van der Waals surface area (Å²) in [4.78, 5) is 29.2. The van der Waals surface area contributed by atoms with E-state index in [0.29, 0.717) is 11.6 Å². The molecule has 2 N–H and O–H groups in total. The van der Waals surface area contributed by atoms with Crippen molar-refractivity contribution in [2.45, 2.75) is 31.8 Å². The summed E-state index contributed by atoms with van der Waals surface area (Å²) in [5.74, 6) is -0.0574. The Morgan fingerprint density at radius 1 is 1.25 bits per heavy atom. The average Bonchev–Trinajstić information content (AvgIpc) is 3.04. The maximum atomic E-state index is 12.3. The normalized spacial score (nSPS) is 15.9. The van der Waals surface area contributed by atoms with Crippen molar-refractivity contribution in [2.75, 3.05) is 20.6 Å². The van der Waals surface area contributed by atoms with Crippen LogP contribution in [0.15, 0.2) is 47.3 Å². The second-order valence-corrected chi connectivity index (χ2v) is 7.57. The molecule has 0 saturated carbocycles. The zero-order chi connectivity index (χ0) is 19.7. The first-order valence-electron chi connectivity index (χ1n) is 9.78. The Hall–Kier alpha value is -2.86. The number of nitrogens with zero attached hydrogens (tertiary/aromatic N) is 2. The molecule has 1 atom stereocenters. The molecule has 1 amide bonds. The molecule has 1 aliphatic rings. The number of imidazole rings is 1. The van der Waals surface area contributed by atoms with E-state index in [-0.39, 0.29) is 11.6 Å². The molecule has 0 saturated heterocycles.